The summed E-state index contributed by atoms with van der Waals surface area (Å²) in [5.41, 5.74) is 1.67. The highest BCUT2D eigenvalue weighted by Gasteiger charge is 2.30. The number of nitrogens with zero attached hydrogens (tertiary/aromatic N) is 1. The molecule has 1 aromatic rings. The summed E-state index contributed by atoms with van der Waals surface area (Å²) >= 11 is 3.31. The van der Waals surface area contributed by atoms with Gasteiger partial charge in [0, 0.05) is 17.6 Å². The van der Waals surface area contributed by atoms with Crippen molar-refractivity contribution in [2.75, 3.05) is 18.0 Å². The van der Waals surface area contributed by atoms with Crippen LogP contribution in [0.1, 0.15) is 18.9 Å². The van der Waals surface area contributed by atoms with Crippen molar-refractivity contribution in [3.8, 4) is 0 Å². The molecule has 0 atom stereocenters. The van der Waals surface area contributed by atoms with Crippen LogP contribution in [0, 0.1) is 0 Å². The summed E-state index contributed by atoms with van der Waals surface area (Å²) in [6, 6.07) is 7.14. The van der Waals surface area contributed by atoms with Gasteiger partial charge in [-0.05, 0) is 24.1 Å². The van der Waals surface area contributed by atoms with Crippen LogP contribution in [0.15, 0.2) is 24.3 Å². The number of benzene rings is 1. The summed E-state index contributed by atoms with van der Waals surface area (Å²) in [7, 11) is 0. The molecule has 0 N–H and O–H groups in total. The van der Waals surface area contributed by atoms with Crippen LogP contribution in [0.2, 0.25) is 0 Å². The molecule has 0 saturated heterocycles. The number of halogens is 4. The van der Waals surface area contributed by atoms with E-state index < -0.39 is 12.7 Å². The van der Waals surface area contributed by atoms with Crippen LogP contribution >= 0.6 is 15.9 Å². The first-order valence-electron chi connectivity index (χ1n) is 5.43. The van der Waals surface area contributed by atoms with Crippen LogP contribution < -0.4 is 4.90 Å². The molecular weight excluding hydrogens is 295 g/mol. The highest BCUT2D eigenvalue weighted by Crippen LogP contribution is 2.23. The third-order valence-electron chi connectivity index (χ3n) is 2.32. The molecule has 1 nitrogen and oxygen atoms in total. The van der Waals surface area contributed by atoms with Crippen molar-refractivity contribution in [3.63, 3.8) is 0 Å². The summed E-state index contributed by atoms with van der Waals surface area (Å²) in [4.78, 5) is 1.36. The van der Waals surface area contributed by atoms with E-state index in [1.54, 1.807) is 12.1 Å². The maximum absolute atomic E-state index is 12.4. The minimum Gasteiger partial charge on any atom is -0.363 e. The van der Waals surface area contributed by atoms with Crippen LogP contribution in [-0.4, -0.2) is 19.3 Å². The largest absolute Gasteiger partial charge is 0.405 e. The third kappa shape index (κ3) is 4.98. The van der Waals surface area contributed by atoms with Gasteiger partial charge in [0.2, 0.25) is 0 Å². The van der Waals surface area contributed by atoms with E-state index in [9.17, 15) is 13.2 Å². The standard InChI is InChI=1S/C12H15BrF3N/c1-2-7-17(9-12(14,15)16)11-5-3-10(8-13)4-6-11/h3-6H,2,7-9H2,1H3. The summed E-state index contributed by atoms with van der Waals surface area (Å²) in [6.07, 6.45) is -3.47. The molecule has 0 aliphatic rings. The minimum absolute atomic E-state index is 0.410. The van der Waals surface area contributed by atoms with Gasteiger partial charge >= 0.3 is 6.18 Å². The Labute approximate surface area is 108 Å². The Morgan fingerprint density at radius 1 is 1.18 bits per heavy atom. The van der Waals surface area contributed by atoms with Crippen molar-refractivity contribution >= 4 is 21.6 Å². The monoisotopic (exact) mass is 309 g/mol. The van der Waals surface area contributed by atoms with Crippen molar-refractivity contribution < 1.29 is 13.2 Å². The van der Waals surface area contributed by atoms with E-state index >= 15 is 0 Å². The molecule has 0 radical (unpaired) electrons. The predicted octanol–water partition coefficient (Wildman–Crippen LogP) is 4.36. The molecule has 0 bridgehead atoms. The molecule has 0 heterocycles. The minimum atomic E-state index is -4.16. The van der Waals surface area contributed by atoms with Crippen molar-refractivity contribution in [3.05, 3.63) is 29.8 Å². The van der Waals surface area contributed by atoms with Crippen LogP contribution in [-0.2, 0) is 5.33 Å². The zero-order chi connectivity index (χ0) is 12.9. The Morgan fingerprint density at radius 2 is 1.76 bits per heavy atom. The molecule has 1 rings (SSSR count). The summed E-state index contributed by atoms with van der Waals surface area (Å²) in [5, 5.41) is 0.709. The van der Waals surface area contributed by atoms with Gasteiger partial charge in [0.05, 0.1) is 0 Å². The lowest BCUT2D eigenvalue weighted by atomic mass is 10.2. The predicted molar refractivity (Wildman–Crippen MR) is 67.6 cm³/mol. The Bertz CT molecular complexity index is 335. The van der Waals surface area contributed by atoms with Crippen molar-refractivity contribution in [1.29, 1.82) is 0 Å². The fourth-order valence-electron chi connectivity index (χ4n) is 1.58. The van der Waals surface area contributed by atoms with Gasteiger partial charge in [0.25, 0.3) is 0 Å². The Hall–Kier alpha value is -0.710. The smallest absolute Gasteiger partial charge is 0.363 e. The lowest BCUT2D eigenvalue weighted by Gasteiger charge is -2.25. The first-order chi connectivity index (χ1) is 7.96. The number of hydrogen-bond donors (Lipinski definition) is 0. The Morgan fingerprint density at radius 3 is 2.18 bits per heavy atom. The van der Waals surface area contributed by atoms with Crippen LogP contribution in [0.3, 0.4) is 0 Å². The van der Waals surface area contributed by atoms with E-state index in [0.29, 0.717) is 24.0 Å². The molecule has 0 aromatic heterocycles. The molecule has 17 heavy (non-hydrogen) atoms. The second-order valence-corrected chi connectivity index (χ2v) is 4.40. The molecule has 0 spiro atoms. The van der Waals surface area contributed by atoms with E-state index in [-0.39, 0.29) is 0 Å². The molecule has 96 valence electrons. The molecule has 0 saturated carbocycles. The molecule has 0 unspecified atom stereocenters. The van der Waals surface area contributed by atoms with Crippen molar-refractivity contribution in [1.82, 2.24) is 0 Å². The molecule has 5 heteroatoms. The normalized spacial score (nSPS) is 11.6. The van der Waals surface area contributed by atoms with E-state index in [0.717, 1.165) is 5.56 Å². The van der Waals surface area contributed by atoms with E-state index in [2.05, 4.69) is 15.9 Å². The third-order valence-corrected chi connectivity index (χ3v) is 2.97. The van der Waals surface area contributed by atoms with Crippen LogP contribution in [0.5, 0.6) is 0 Å². The summed E-state index contributed by atoms with van der Waals surface area (Å²) in [5.74, 6) is 0. The van der Waals surface area contributed by atoms with Gasteiger partial charge in [-0.15, -0.1) is 0 Å². The lowest BCUT2D eigenvalue weighted by molar-refractivity contribution is -0.119. The highest BCUT2D eigenvalue weighted by atomic mass is 79.9. The first kappa shape index (κ1) is 14.4. The number of anilines is 1. The van der Waals surface area contributed by atoms with Crippen molar-refractivity contribution in [2.24, 2.45) is 0 Å². The fourth-order valence-corrected chi connectivity index (χ4v) is 1.96. The number of hydrogen-bond acceptors (Lipinski definition) is 1. The molecule has 0 aliphatic heterocycles. The topological polar surface area (TPSA) is 3.24 Å². The highest BCUT2D eigenvalue weighted by molar-refractivity contribution is 9.08. The summed E-state index contributed by atoms with van der Waals surface area (Å²) in [6.45, 7) is 1.39. The molecule has 0 fully saturated rings. The molecule has 0 amide bonds. The van der Waals surface area contributed by atoms with Gasteiger partial charge in [0.1, 0.15) is 6.54 Å². The molecule has 1 aromatic carbocycles. The first-order valence-corrected chi connectivity index (χ1v) is 6.55. The van der Waals surface area contributed by atoms with Gasteiger partial charge in [-0.25, -0.2) is 0 Å². The van der Waals surface area contributed by atoms with Gasteiger partial charge < -0.3 is 4.90 Å². The second-order valence-electron chi connectivity index (χ2n) is 3.84. The lowest BCUT2D eigenvalue weighted by Crippen LogP contribution is -2.34. The average Bonchev–Trinajstić information content (AvgIpc) is 2.27. The fraction of sp³-hybridized carbons (Fsp3) is 0.500. The van der Waals surface area contributed by atoms with Gasteiger partial charge in [-0.1, -0.05) is 35.0 Å². The zero-order valence-corrected chi connectivity index (χ0v) is 11.2. The van der Waals surface area contributed by atoms with Crippen LogP contribution in [0.25, 0.3) is 0 Å². The van der Waals surface area contributed by atoms with Gasteiger partial charge in [-0.3, -0.25) is 0 Å². The van der Waals surface area contributed by atoms with E-state index in [1.807, 2.05) is 19.1 Å². The number of rotatable bonds is 5. The SMILES string of the molecule is CCCN(CC(F)(F)F)c1ccc(CBr)cc1. The number of alkyl halides is 4. The van der Waals surface area contributed by atoms with E-state index in [1.165, 1.54) is 4.90 Å². The maximum Gasteiger partial charge on any atom is 0.405 e. The average molecular weight is 310 g/mol. The zero-order valence-electron chi connectivity index (χ0n) is 9.60. The molecule has 0 aliphatic carbocycles. The Balaban J connectivity index is 2.81. The van der Waals surface area contributed by atoms with Gasteiger partial charge in [-0.2, -0.15) is 13.2 Å². The maximum atomic E-state index is 12.4. The van der Waals surface area contributed by atoms with Crippen molar-refractivity contribution in [2.45, 2.75) is 24.9 Å². The van der Waals surface area contributed by atoms with Gasteiger partial charge in [0.15, 0.2) is 0 Å². The summed E-state index contributed by atoms with van der Waals surface area (Å²) < 4.78 is 37.2. The quantitative estimate of drug-likeness (QED) is 0.730. The second kappa shape index (κ2) is 6.28. The molecular formula is C12H15BrF3N. The Kier molecular flexibility index (Phi) is 5.31. The van der Waals surface area contributed by atoms with Crippen LogP contribution in [0.4, 0.5) is 18.9 Å². The van der Waals surface area contributed by atoms with E-state index in [4.69, 9.17) is 0 Å².